The Kier molecular flexibility index (Phi) is 4.64. The van der Waals surface area contributed by atoms with Crippen molar-refractivity contribution in [1.82, 2.24) is 10.2 Å². The van der Waals surface area contributed by atoms with Gasteiger partial charge in [-0.15, -0.1) is 0 Å². The fourth-order valence-electron chi connectivity index (χ4n) is 4.39. The first-order chi connectivity index (χ1) is 13.8. The molecule has 0 bridgehead atoms. The summed E-state index contributed by atoms with van der Waals surface area (Å²) in [5.74, 6) is 1.28. The van der Waals surface area contributed by atoms with Gasteiger partial charge in [0.25, 0.3) is 0 Å². The SMILES string of the molecule is Cc1ccc(N2CCC3=C(C4C=CC=NC4)NC(N4CCOCC4)=NC32)cc1. The van der Waals surface area contributed by atoms with Crippen LogP contribution in [0.25, 0.3) is 0 Å². The Labute approximate surface area is 166 Å². The Balaban J connectivity index is 1.51. The van der Waals surface area contributed by atoms with Crippen molar-refractivity contribution in [3.8, 4) is 0 Å². The highest BCUT2D eigenvalue weighted by Gasteiger charge is 2.37. The number of anilines is 1. The summed E-state index contributed by atoms with van der Waals surface area (Å²) in [6, 6.07) is 8.80. The van der Waals surface area contributed by atoms with E-state index >= 15 is 0 Å². The van der Waals surface area contributed by atoms with E-state index in [9.17, 15) is 0 Å². The number of nitrogens with one attached hydrogen (secondary N) is 1. The van der Waals surface area contributed by atoms with Gasteiger partial charge >= 0.3 is 0 Å². The molecule has 4 heterocycles. The topological polar surface area (TPSA) is 52.5 Å². The minimum absolute atomic E-state index is 0.0658. The van der Waals surface area contributed by atoms with Crippen molar-refractivity contribution in [3.63, 3.8) is 0 Å². The van der Waals surface area contributed by atoms with Gasteiger partial charge in [-0.3, -0.25) is 4.99 Å². The van der Waals surface area contributed by atoms with Crippen molar-refractivity contribution in [3.05, 3.63) is 53.3 Å². The molecule has 28 heavy (non-hydrogen) atoms. The molecule has 2 unspecified atom stereocenters. The van der Waals surface area contributed by atoms with Gasteiger partial charge in [0.15, 0.2) is 0 Å². The van der Waals surface area contributed by atoms with E-state index in [1.165, 1.54) is 22.5 Å². The molecule has 1 N–H and O–H groups in total. The summed E-state index contributed by atoms with van der Waals surface area (Å²) in [6.07, 6.45) is 7.32. The van der Waals surface area contributed by atoms with Crippen molar-refractivity contribution in [1.29, 1.82) is 0 Å². The molecule has 0 aromatic heterocycles. The van der Waals surface area contributed by atoms with Crippen LogP contribution >= 0.6 is 0 Å². The fraction of sp³-hybridized carbons (Fsp3) is 0.455. The number of allylic oxidation sites excluding steroid dienone is 1. The first-order valence-corrected chi connectivity index (χ1v) is 10.2. The number of hydrogen-bond donors (Lipinski definition) is 1. The minimum atomic E-state index is 0.0658. The average molecular weight is 377 g/mol. The van der Waals surface area contributed by atoms with E-state index in [4.69, 9.17) is 9.73 Å². The Morgan fingerprint density at radius 1 is 1.11 bits per heavy atom. The quantitative estimate of drug-likeness (QED) is 0.860. The molecule has 146 valence electrons. The third-order valence-electron chi connectivity index (χ3n) is 5.95. The highest BCUT2D eigenvalue weighted by atomic mass is 16.5. The Morgan fingerprint density at radius 3 is 2.68 bits per heavy atom. The normalized spacial score (nSPS) is 27.0. The number of aryl methyl sites for hydroxylation is 1. The summed E-state index contributed by atoms with van der Waals surface area (Å²) in [5, 5.41) is 3.69. The number of nitrogens with zero attached hydrogens (tertiary/aromatic N) is 4. The highest BCUT2D eigenvalue weighted by molar-refractivity contribution is 5.84. The number of hydrogen-bond acceptors (Lipinski definition) is 6. The number of benzene rings is 1. The van der Waals surface area contributed by atoms with E-state index in [1.807, 2.05) is 6.21 Å². The second kappa shape index (κ2) is 7.43. The number of guanidine groups is 1. The predicted octanol–water partition coefficient (Wildman–Crippen LogP) is 2.33. The number of aliphatic imine (C=N–C) groups is 2. The van der Waals surface area contributed by atoms with Crippen molar-refractivity contribution < 1.29 is 4.74 Å². The van der Waals surface area contributed by atoms with E-state index in [1.54, 1.807) is 0 Å². The van der Waals surface area contributed by atoms with Crippen LogP contribution in [0.5, 0.6) is 0 Å². The highest BCUT2D eigenvalue weighted by Crippen LogP contribution is 2.36. The molecule has 0 amide bonds. The molecule has 1 aromatic carbocycles. The van der Waals surface area contributed by atoms with Gasteiger partial charge in [0, 0.05) is 43.2 Å². The summed E-state index contributed by atoms with van der Waals surface area (Å²) in [5.41, 5.74) is 5.23. The first kappa shape index (κ1) is 17.5. The van der Waals surface area contributed by atoms with Crippen LogP contribution in [-0.2, 0) is 4.74 Å². The van der Waals surface area contributed by atoms with Gasteiger partial charge in [-0.05, 0) is 37.1 Å². The molecule has 6 heteroatoms. The van der Waals surface area contributed by atoms with Gasteiger partial charge in [0.05, 0.1) is 19.8 Å². The number of fused-ring (bicyclic) bond motifs is 1. The lowest BCUT2D eigenvalue weighted by Crippen LogP contribution is -2.51. The largest absolute Gasteiger partial charge is 0.378 e. The molecule has 4 aliphatic rings. The smallest absolute Gasteiger partial charge is 0.200 e. The molecular formula is C22H27N5O. The summed E-state index contributed by atoms with van der Waals surface area (Å²) < 4.78 is 5.54. The lowest BCUT2D eigenvalue weighted by Gasteiger charge is -2.37. The van der Waals surface area contributed by atoms with Gasteiger partial charge in [-0.2, -0.15) is 0 Å². The molecule has 0 saturated carbocycles. The zero-order valence-corrected chi connectivity index (χ0v) is 16.3. The van der Waals surface area contributed by atoms with Gasteiger partial charge in [0.1, 0.15) is 6.17 Å². The Hall–Kier alpha value is -2.60. The average Bonchev–Trinajstić information content (AvgIpc) is 3.19. The Morgan fingerprint density at radius 2 is 1.93 bits per heavy atom. The van der Waals surface area contributed by atoms with Crippen LogP contribution in [0.4, 0.5) is 5.69 Å². The Bertz CT molecular complexity index is 848. The molecule has 2 fully saturated rings. The second-order valence-electron chi connectivity index (χ2n) is 7.77. The third-order valence-corrected chi connectivity index (χ3v) is 5.95. The lowest BCUT2D eigenvalue weighted by molar-refractivity contribution is 0.0664. The van der Waals surface area contributed by atoms with Crippen LogP contribution < -0.4 is 10.2 Å². The van der Waals surface area contributed by atoms with Crippen LogP contribution in [0.3, 0.4) is 0 Å². The number of dihydropyridines is 1. The third kappa shape index (κ3) is 3.22. The van der Waals surface area contributed by atoms with Crippen LogP contribution in [0.2, 0.25) is 0 Å². The van der Waals surface area contributed by atoms with Crippen molar-refractivity contribution in [2.45, 2.75) is 19.5 Å². The molecule has 5 rings (SSSR count). The molecule has 6 nitrogen and oxygen atoms in total. The van der Waals surface area contributed by atoms with Crippen molar-refractivity contribution >= 4 is 17.9 Å². The lowest BCUT2D eigenvalue weighted by atomic mass is 9.96. The monoisotopic (exact) mass is 377 g/mol. The number of ether oxygens (including phenoxy) is 1. The molecule has 4 aliphatic heterocycles. The first-order valence-electron chi connectivity index (χ1n) is 10.2. The second-order valence-corrected chi connectivity index (χ2v) is 7.77. The molecule has 0 radical (unpaired) electrons. The van der Waals surface area contributed by atoms with Crippen LogP contribution in [-0.4, -0.2) is 62.6 Å². The summed E-state index contributed by atoms with van der Waals surface area (Å²) in [6.45, 7) is 7.20. The minimum Gasteiger partial charge on any atom is -0.378 e. The zero-order chi connectivity index (χ0) is 18.9. The van der Waals surface area contributed by atoms with Crippen molar-refractivity contribution in [2.24, 2.45) is 15.9 Å². The molecule has 2 atom stereocenters. The predicted molar refractivity (Wildman–Crippen MR) is 113 cm³/mol. The summed E-state index contributed by atoms with van der Waals surface area (Å²) in [7, 11) is 0. The van der Waals surface area contributed by atoms with Gasteiger partial charge < -0.3 is 19.9 Å². The van der Waals surface area contributed by atoms with Gasteiger partial charge in [-0.25, -0.2) is 4.99 Å². The van der Waals surface area contributed by atoms with Crippen molar-refractivity contribution in [2.75, 3.05) is 44.3 Å². The number of rotatable bonds is 2. The van der Waals surface area contributed by atoms with Gasteiger partial charge in [-0.1, -0.05) is 23.8 Å². The standard InChI is InChI=1S/C22H27N5O/c1-16-4-6-18(7-5-16)27-10-8-19-20(17-3-2-9-23-15-17)24-22(25-21(19)27)26-11-13-28-14-12-26/h2-7,9,17,21H,8,10-15H2,1H3,(H,24,25). The molecule has 0 spiro atoms. The maximum absolute atomic E-state index is 5.54. The molecule has 0 aliphatic carbocycles. The molecular weight excluding hydrogens is 350 g/mol. The van der Waals surface area contributed by atoms with Crippen LogP contribution in [0, 0.1) is 12.8 Å². The van der Waals surface area contributed by atoms with E-state index < -0.39 is 0 Å². The number of morpholine rings is 1. The molecule has 1 aromatic rings. The maximum atomic E-state index is 5.54. The molecule has 2 saturated heterocycles. The zero-order valence-electron chi connectivity index (χ0n) is 16.3. The summed E-state index contributed by atoms with van der Waals surface area (Å²) in [4.78, 5) is 14.4. The summed E-state index contributed by atoms with van der Waals surface area (Å²) >= 11 is 0. The van der Waals surface area contributed by atoms with Crippen LogP contribution in [0.15, 0.2) is 57.7 Å². The van der Waals surface area contributed by atoms with E-state index in [-0.39, 0.29) is 6.17 Å². The maximum Gasteiger partial charge on any atom is 0.200 e. The van der Waals surface area contributed by atoms with Crippen LogP contribution in [0.1, 0.15) is 12.0 Å². The van der Waals surface area contributed by atoms with E-state index in [0.29, 0.717) is 5.92 Å². The van der Waals surface area contributed by atoms with E-state index in [2.05, 4.69) is 63.5 Å². The fourth-order valence-corrected chi connectivity index (χ4v) is 4.39. The van der Waals surface area contributed by atoms with Gasteiger partial charge in [0.2, 0.25) is 5.96 Å². The van der Waals surface area contributed by atoms with E-state index in [0.717, 1.165) is 51.8 Å².